The number of carbonyl (C=O) groups is 1. The fourth-order valence-corrected chi connectivity index (χ4v) is 1.85. The maximum Gasteiger partial charge on any atom is 0.254 e. The Hall–Kier alpha value is -1.49. The van der Waals surface area contributed by atoms with Gasteiger partial charge in [-0.15, -0.1) is 0 Å². The third-order valence-corrected chi connectivity index (χ3v) is 3.24. The summed E-state index contributed by atoms with van der Waals surface area (Å²) in [6.45, 7) is 0.619. The Kier molecular flexibility index (Phi) is 3.38. The van der Waals surface area contributed by atoms with Crippen molar-refractivity contribution in [3.8, 4) is 0 Å². The van der Waals surface area contributed by atoms with Gasteiger partial charge in [-0.2, -0.15) is 0 Å². The number of hydrogen-bond donors (Lipinski definition) is 2. The average molecular weight is 238 g/mol. The summed E-state index contributed by atoms with van der Waals surface area (Å²) in [5.74, 6) is -1.04. The first kappa shape index (κ1) is 12.0. The van der Waals surface area contributed by atoms with Crippen LogP contribution in [0.5, 0.6) is 0 Å². The van der Waals surface area contributed by atoms with Crippen molar-refractivity contribution in [3.05, 3.63) is 29.8 Å². The third kappa shape index (κ3) is 2.79. The molecule has 0 bridgehead atoms. The van der Waals surface area contributed by atoms with Crippen molar-refractivity contribution in [1.82, 2.24) is 10.3 Å². The standard InChI is InChI=1S/C12H15FN2O2/c13-10-7-14-5-1-9(10)11(17)15-8-12(2-3-12)4-6-16/h1,5,7,16H,2-4,6,8H2,(H,15,17). The second kappa shape index (κ2) is 4.79. The van der Waals surface area contributed by atoms with Gasteiger partial charge in [0, 0.05) is 19.3 Å². The number of carbonyl (C=O) groups excluding carboxylic acids is 1. The summed E-state index contributed by atoms with van der Waals surface area (Å²) >= 11 is 0. The first-order valence-electron chi connectivity index (χ1n) is 5.65. The van der Waals surface area contributed by atoms with Crippen molar-refractivity contribution in [2.75, 3.05) is 13.2 Å². The third-order valence-electron chi connectivity index (χ3n) is 3.24. The van der Waals surface area contributed by atoms with Gasteiger partial charge < -0.3 is 10.4 Å². The van der Waals surface area contributed by atoms with Crippen LogP contribution in [0.1, 0.15) is 29.6 Å². The molecule has 5 heteroatoms. The molecule has 1 saturated carbocycles. The summed E-state index contributed by atoms with van der Waals surface area (Å²) in [6, 6.07) is 1.36. The number of aliphatic hydroxyl groups excluding tert-OH is 1. The summed E-state index contributed by atoms with van der Waals surface area (Å²) < 4.78 is 13.3. The van der Waals surface area contributed by atoms with Crippen LogP contribution in [0, 0.1) is 11.2 Å². The van der Waals surface area contributed by atoms with Crippen molar-refractivity contribution in [3.63, 3.8) is 0 Å². The summed E-state index contributed by atoms with van der Waals surface area (Å²) in [5, 5.41) is 11.6. The minimum atomic E-state index is -0.614. The van der Waals surface area contributed by atoms with E-state index in [1.165, 1.54) is 12.3 Å². The number of hydrogen-bond acceptors (Lipinski definition) is 3. The van der Waals surface area contributed by atoms with Gasteiger partial charge in [-0.1, -0.05) is 0 Å². The lowest BCUT2D eigenvalue weighted by Crippen LogP contribution is -2.31. The van der Waals surface area contributed by atoms with Crippen LogP contribution in [-0.4, -0.2) is 29.1 Å². The molecular weight excluding hydrogens is 223 g/mol. The van der Waals surface area contributed by atoms with E-state index in [-0.39, 0.29) is 17.6 Å². The fraction of sp³-hybridized carbons (Fsp3) is 0.500. The molecule has 1 aliphatic carbocycles. The monoisotopic (exact) mass is 238 g/mol. The molecule has 1 heterocycles. The van der Waals surface area contributed by atoms with Crippen LogP contribution >= 0.6 is 0 Å². The van der Waals surface area contributed by atoms with Gasteiger partial charge in [0.25, 0.3) is 5.91 Å². The van der Waals surface area contributed by atoms with E-state index in [4.69, 9.17) is 5.11 Å². The van der Waals surface area contributed by atoms with E-state index in [2.05, 4.69) is 10.3 Å². The molecule has 0 radical (unpaired) electrons. The van der Waals surface area contributed by atoms with Gasteiger partial charge in [0.2, 0.25) is 0 Å². The second-order valence-corrected chi connectivity index (χ2v) is 4.51. The van der Waals surface area contributed by atoms with Crippen molar-refractivity contribution < 1.29 is 14.3 Å². The van der Waals surface area contributed by atoms with Crippen molar-refractivity contribution in [2.24, 2.45) is 5.41 Å². The number of amides is 1. The highest BCUT2D eigenvalue weighted by Gasteiger charge is 2.41. The van der Waals surface area contributed by atoms with E-state index in [0.29, 0.717) is 13.0 Å². The molecule has 92 valence electrons. The highest BCUT2D eigenvalue weighted by molar-refractivity contribution is 5.94. The van der Waals surface area contributed by atoms with Gasteiger partial charge in [0.05, 0.1) is 11.8 Å². The van der Waals surface area contributed by atoms with E-state index >= 15 is 0 Å². The van der Waals surface area contributed by atoms with Crippen molar-refractivity contribution in [1.29, 1.82) is 0 Å². The molecule has 17 heavy (non-hydrogen) atoms. The van der Waals surface area contributed by atoms with Gasteiger partial charge in [-0.3, -0.25) is 9.78 Å². The highest BCUT2D eigenvalue weighted by atomic mass is 19.1. The fourth-order valence-electron chi connectivity index (χ4n) is 1.85. The predicted molar refractivity (Wildman–Crippen MR) is 59.9 cm³/mol. The lowest BCUT2D eigenvalue weighted by Gasteiger charge is -2.14. The lowest BCUT2D eigenvalue weighted by molar-refractivity contribution is 0.0936. The zero-order valence-corrected chi connectivity index (χ0v) is 9.45. The maximum absolute atomic E-state index is 13.3. The molecule has 1 aromatic rings. The summed E-state index contributed by atoms with van der Waals surface area (Å²) in [5.41, 5.74) is 0.0493. The van der Waals surface area contributed by atoms with Crippen LogP contribution in [0.3, 0.4) is 0 Å². The SMILES string of the molecule is O=C(NCC1(CCO)CC1)c1ccncc1F. The van der Waals surface area contributed by atoms with Gasteiger partial charge in [-0.05, 0) is 30.7 Å². The second-order valence-electron chi connectivity index (χ2n) is 4.51. The zero-order valence-electron chi connectivity index (χ0n) is 9.45. The molecule has 0 unspecified atom stereocenters. The number of aromatic nitrogens is 1. The Morgan fingerprint density at radius 1 is 1.59 bits per heavy atom. The van der Waals surface area contributed by atoms with Crippen LogP contribution in [0.2, 0.25) is 0 Å². The Morgan fingerprint density at radius 3 is 2.94 bits per heavy atom. The van der Waals surface area contributed by atoms with Gasteiger partial charge in [0.1, 0.15) is 0 Å². The smallest absolute Gasteiger partial charge is 0.254 e. The predicted octanol–water partition coefficient (Wildman–Crippen LogP) is 1.11. The zero-order chi connectivity index (χ0) is 12.3. The van der Waals surface area contributed by atoms with Crippen LogP contribution in [0.15, 0.2) is 18.5 Å². The molecule has 1 aliphatic rings. The van der Waals surface area contributed by atoms with E-state index in [0.717, 1.165) is 19.0 Å². The quantitative estimate of drug-likeness (QED) is 0.807. The van der Waals surface area contributed by atoms with Crippen LogP contribution in [0.25, 0.3) is 0 Å². The van der Waals surface area contributed by atoms with Gasteiger partial charge >= 0.3 is 0 Å². The number of aliphatic hydroxyl groups is 1. The first-order valence-corrected chi connectivity index (χ1v) is 5.65. The summed E-state index contributed by atoms with van der Waals surface area (Å²) in [7, 11) is 0. The Morgan fingerprint density at radius 2 is 2.35 bits per heavy atom. The van der Waals surface area contributed by atoms with E-state index in [1.807, 2.05) is 0 Å². The average Bonchev–Trinajstić information content (AvgIpc) is 3.08. The van der Waals surface area contributed by atoms with Crippen LogP contribution in [0.4, 0.5) is 4.39 Å². The van der Waals surface area contributed by atoms with Crippen LogP contribution < -0.4 is 5.32 Å². The lowest BCUT2D eigenvalue weighted by atomic mass is 10.0. The molecule has 0 spiro atoms. The van der Waals surface area contributed by atoms with Gasteiger partial charge in [0.15, 0.2) is 5.82 Å². The van der Waals surface area contributed by atoms with E-state index in [9.17, 15) is 9.18 Å². The molecule has 2 N–H and O–H groups in total. The number of halogens is 1. The van der Waals surface area contributed by atoms with E-state index in [1.54, 1.807) is 0 Å². The van der Waals surface area contributed by atoms with E-state index < -0.39 is 11.7 Å². The highest BCUT2D eigenvalue weighted by Crippen LogP contribution is 2.47. The molecule has 1 fully saturated rings. The minimum Gasteiger partial charge on any atom is -0.396 e. The molecule has 0 aliphatic heterocycles. The maximum atomic E-state index is 13.3. The molecular formula is C12H15FN2O2. The van der Waals surface area contributed by atoms with Gasteiger partial charge in [-0.25, -0.2) is 4.39 Å². The normalized spacial score (nSPS) is 16.6. The Labute approximate surface area is 98.9 Å². The topological polar surface area (TPSA) is 62.2 Å². The largest absolute Gasteiger partial charge is 0.396 e. The molecule has 2 rings (SSSR count). The van der Waals surface area contributed by atoms with Crippen LogP contribution in [-0.2, 0) is 0 Å². The number of rotatable bonds is 5. The summed E-state index contributed by atoms with van der Waals surface area (Å²) in [4.78, 5) is 15.3. The molecule has 0 saturated heterocycles. The minimum absolute atomic E-state index is 0.0137. The number of pyridine rings is 1. The van der Waals surface area contributed by atoms with Crippen molar-refractivity contribution in [2.45, 2.75) is 19.3 Å². The Balaban J connectivity index is 1.92. The van der Waals surface area contributed by atoms with Crippen molar-refractivity contribution >= 4 is 5.91 Å². The molecule has 4 nitrogen and oxygen atoms in total. The first-order chi connectivity index (χ1) is 8.17. The number of nitrogens with one attached hydrogen (secondary N) is 1. The molecule has 0 atom stereocenters. The summed E-state index contributed by atoms with van der Waals surface area (Å²) in [6.07, 6.45) is 5.11. The molecule has 0 aromatic carbocycles. The molecule has 1 aromatic heterocycles. The Bertz CT molecular complexity index is 419. The molecule has 1 amide bonds. The number of nitrogens with zero attached hydrogens (tertiary/aromatic N) is 1.